The van der Waals surface area contributed by atoms with Crippen LogP contribution in [0.5, 0.6) is 5.75 Å². The van der Waals surface area contributed by atoms with E-state index in [-0.39, 0.29) is 5.92 Å². The lowest BCUT2D eigenvalue weighted by Gasteiger charge is -2.31. The molecule has 1 atom stereocenters. The minimum atomic E-state index is -0.737. The van der Waals surface area contributed by atoms with Gasteiger partial charge in [-0.2, -0.15) is 5.26 Å². The first-order valence-electron chi connectivity index (χ1n) is 11.7. The number of piperidine rings is 1. The van der Waals surface area contributed by atoms with Gasteiger partial charge in [0.1, 0.15) is 11.8 Å². The van der Waals surface area contributed by atoms with Crippen molar-refractivity contribution in [2.24, 2.45) is 11.8 Å². The molecule has 1 unspecified atom stereocenters. The Bertz CT molecular complexity index is 1050. The molecule has 1 fully saturated rings. The Labute approximate surface area is 194 Å². The lowest BCUT2D eigenvalue weighted by molar-refractivity contribution is -0.141. The van der Waals surface area contributed by atoms with Gasteiger partial charge in [-0.15, -0.1) is 0 Å². The zero-order valence-corrected chi connectivity index (χ0v) is 19.0. The third-order valence-electron chi connectivity index (χ3n) is 6.70. The molecule has 172 valence electrons. The summed E-state index contributed by atoms with van der Waals surface area (Å²) < 4.78 is 6.06. The molecule has 1 aliphatic carbocycles. The van der Waals surface area contributed by atoms with Gasteiger partial charge in [-0.25, -0.2) is 9.97 Å². The first-order chi connectivity index (χ1) is 16.1. The van der Waals surface area contributed by atoms with Gasteiger partial charge in [0.25, 0.3) is 0 Å². The average Bonchev–Trinajstić information content (AvgIpc) is 2.88. The van der Waals surface area contributed by atoms with Crippen molar-refractivity contribution in [2.75, 3.05) is 24.6 Å². The number of nitrogens with zero attached hydrogens (tertiary/aromatic N) is 4. The van der Waals surface area contributed by atoms with Crippen molar-refractivity contribution in [1.82, 2.24) is 9.97 Å². The van der Waals surface area contributed by atoms with Gasteiger partial charge in [-0.05, 0) is 73.3 Å². The molecule has 33 heavy (non-hydrogen) atoms. The number of ether oxygens (including phenoxy) is 1. The normalized spacial score (nSPS) is 19.0. The number of hydrogen-bond donors (Lipinski definition) is 1. The monoisotopic (exact) mass is 446 g/mol. The van der Waals surface area contributed by atoms with Crippen LogP contribution in [0, 0.1) is 23.2 Å². The summed E-state index contributed by atoms with van der Waals surface area (Å²) in [6, 6.07) is 7.97. The summed E-state index contributed by atoms with van der Waals surface area (Å²) in [5.41, 5.74) is 3.75. The van der Waals surface area contributed by atoms with Crippen LogP contribution >= 0.6 is 0 Å². The number of hydrogen-bond acceptors (Lipinski definition) is 6. The number of aliphatic carboxylic acids is 1. The van der Waals surface area contributed by atoms with Crippen LogP contribution in [0.1, 0.15) is 55.7 Å². The van der Waals surface area contributed by atoms with E-state index in [0.29, 0.717) is 43.1 Å². The number of carboxylic acids is 1. The smallest absolute Gasteiger partial charge is 0.306 e. The van der Waals surface area contributed by atoms with Crippen molar-refractivity contribution in [1.29, 1.82) is 5.26 Å². The van der Waals surface area contributed by atoms with Crippen molar-refractivity contribution in [3.63, 3.8) is 0 Å². The maximum atomic E-state index is 11.2. The molecule has 1 saturated heterocycles. The molecule has 2 heterocycles. The number of allylic oxidation sites excluding steroid dienone is 2. The highest BCUT2D eigenvalue weighted by Crippen LogP contribution is 2.33. The van der Waals surface area contributed by atoms with Gasteiger partial charge in [-0.3, -0.25) is 4.79 Å². The SMILES string of the molecule is CCc1cnc(N2CCC(COc3ccc(C4=CCC(C(=O)O)CC4)cc3C#N)CC2)nc1. The number of carboxylic acid groups (broad SMARTS) is 1. The summed E-state index contributed by atoms with van der Waals surface area (Å²) in [5, 5.41) is 18.8. The maximum absolute atomic E-state index is 11.2. The fraction of sp³-hybridized carbons (Fsp3) is 0.462. The molecule has 1 N–H and O–H groups in total. The quantitative estimate of drug-likeness (QED) is 0.670. The molecular formula is C26H30N4O3. The largest absolute Gasteiger partial charge is 0.492 e. The van der Waals surface area contributed by atoms with Gasteiger partial charge in [0, 0.05) is 25.5 Å². The molecule has 0 amide bonds. The molecule has 0 bridgehead atoms. The molecule has 7 nitrogen and oxygen atoms in total. The van der Waals surface area contributed by atoms with E-state index < -0.39 is 5.97 Å². The van der Waals surface area contributed by atoms with Gasteiger partial charge in [0.05, 0.1) is 18.1 Å². The third-order valence-corrected chi connectivity index (χ3v) is 6.70. The van der Waals surface area contributed by atoms with Crippen molar-refractivity contribution in [2.45, 2.75) is 45.4 Å². The fourth-order valence-corrected chi connectivity index (χ4v) is 4.46. The van der Waals surface area contributed by atoms with Crippen LogP contribution in [0.15, 0.2) is 36.7 Å². The second-order valence-corrected chi connectivity index (χ2v) is 8.85. The molecule has 0 saturated carbocycles. The number of aryl methyl sites for hydroxylation is 1. The molecule has 2 aliphatic rings. The Kier molecular flexibility index (Phi) is 7.23. The maximum Gasteiger partial charge on any atom is 0.306 e. The lowest BCUT2D eigenvalue weighted by atomic mass is 9.86. The van der Waals surface area contributed by atoms with E-state index in [0.717, 1.165) is 55.0 Å². The van der Waals surface area contributed by atoms with E-state index in [1.807, 2.05) is 36.7 Å². The molecule has 1 aromatic carbocycles. The Balaban J connectivity index is 1.31. The molecular weight excluding hydrogens is 416 g/mol. The summed E-state index contributed by atoms with van der Waals surface area (Å²) in [6.07, 6.45) is 10.6. The molecule has 0 spiro atoms. The van der Waals surface area contributed by atoms with E-state index in [2.05, 4.69) is 27.9 Å². The first kappa shape index (κ1) is 22.8. The molecule has 1 aliphatic heterocycles. The number of aromatic nitrogens is 2. The first-order valence-corrected chi connectivity index (χ1v) is 11.7. The Morgan fingerprint density at radius 1 is 1.24 bits per heavy atom. The van der Waals surface area contributed by atoms with Crippen LogP contribution in [0.4, 0.5) is 5.95 Å². The molecule has 2 aromatic rings. The zero-order valence-electron chi connectivity index (χ0n) is 19.0. The third kappa shape index (κ3) is 5.51. The molecule has 0 radical (unpaired) electrons. The Morgan fingerprint density at radius 3 is 2.61 bits per heavy atom. The standard InChI is InChI=1S/C26H30N4O3/c1-2-18-15-28-26(29-16-18)30-11-9-19(10-12-30)17-33-24-8-7-22(13-23(24)14-27)20-3-5-21(6-4-20)25(31)32/h3,7-8,13,15-16,19,21H,2,4-6,9-12,17H2,1H3,(H,31,32). The topological polar surface area (TPSA) is 99.3 Å². The predicted octanol–water partition coefficient (Wildman–Crippen LogP) is 4.47. The summed E-state index contributed by atoms with van der Waals surface area (Å²) >= 11 is 0. The fourth-order valence-electron chi connectivity index (χ4n) is 4.46. The highest BCUT2D eigenvalue weighted by molar-refractivity contribution is 5.74. The van der Waals surface area contributed by atoms with Gasteiger partial charge < -0.3 is 14.7 Å². The number of anilines is 1. The van der Waals surface area contributed by atoms with Crippen LogP contribution in [0.3, 0.4) is 0 Å². The Morgan fingerprint density at radius 2 is 2.00 bits per heavy atom. The average molecular weight is 447 g/mol. The number of carbonyl (C=O) groups is 1. The van der Waals surface area contributed by atoms with E-state index in [1.54, 1.807) is 0 Å². The van der Waals surface area contributed by atoms with E-state index >= 15 is 0 Å². The van der Waals surface area contributed by atoms with Crippen LogP contribution in [0.2, 0.25) is 0 Å². The van der Waals surface area contributed by atoms with E-state index in [1.165, 1.54) is 0 Å². The van der Waals surface area contributed by atoms with Crippen molar-refractivity contribution in [3.8, 4) is 11.8 Å². The van der Waals surface area contributed by atoms with Crippen LogP contribution in [-0.4, -0.2) is 40.7 Å². The van der Waals surface area contributed by atoms with Crippen molar-refractivity contribution in [3.05, 3.63) is 53.4 Å². The number of benzene rings is 1. The van der Waals surface area contributed by atoms with E-state index in [4.69, 9.17) is 4.74 Å². The summed E-state index contributed by atoms with van der Waals surface area (Å²) in [7, 11) is 0. The van der Waals surface area contributed by atoms with Gasteiger partial charge in [0.15, 0.2) is 0 Å². The predicted molar refractivity (Wildman–Crippen MR) is 126 cm³/mol. The van der Waals surface area contributed by atoms with Crippen molar-refractivity contribution < 1.29 is 14.6 Å². The highest BCUT2D eigenvalue weighted by atomic mass is 16.5. The minimum Gasteiger partial charge on any atom is -0.492 e. The van der Waals surface area contributed by atoms with Crippen molar-refractivity contribution >= 4 is 17.5 Å². The van der Waals surface area contributed by atoms with Gasteiger partial charge >= 0.3 is 5.97 Å². The summed E-state index contributed by atoms with van der Waals surface area (Å²) in [6.45, 7) is 4.48. The Hall–Kier alpha value is -3.40. The van der Waals surface area contributed by atoms with E-state index in [9.17, 15) is 15.2 Å². The minimum absolute atomic E-state index is 0.305. The lowest BCUT2D eigenvalue weighted by Crippen LogP contribution is -2.36. The van der Waals surface area contributed by atoms with Gasteiger partial charge in [0.2, 0.25) is 5.95 Å². The highest BCUT2D eigenvalue weighted by Gasteiger charge is 2.23. The van der Waals surface area contributed by atoms with Crippen LogP contribution < -0.4 is 9.64 Å². The molecule has 1 aromatic heterocycles. The number of nitriles is 1. The molecule has 7 heteroatoms. The second kappa shape index (κ2) is 10.5. The van der Waals surface area contributed by atoms with Crippen LogP contribution in [-0.2, 0) is 11.2 Å². The number of rotatable bonds is 7. The van der Waals surface area contributed by atoms with Gasteiger partial charge in [-0.1, -0.05) is 19.1 Å². The zero-order chi connectivity index (χ0) is 23.2. The summed E-state index contributed by atoms with van der Waals surface area (Å²) in [5.74, 6) is 0.791. The van der Waals surface area contributed by atoms with Crippen LogP contribution in [0.25, 0.3) is 5.57 Å². The summed E-state index contributed by atoms with van der Waals surface area (Å²) in [4.78, 5) is 22.4. The second-order valence-electron chi connectivity index (χ2n) is 8.85. The molecule has 4 rings (SSSR count).